The van der Waals surface area contributed by atoms with E-state index in [-0.39, 0.29) is 23.2 Å². The Bertz CT molecular complexity index is 610. The third-order valence-corrected chi connectivity index (χ3v) is 7.29. The van der Waals surface area contributed by atoms with Crippen LogP contribution in [0.4, 0.5) is 0 Å². The van der Waals surface area contributed by atoms with Crippen LogP contribution in [0.15, 0.2) is 23.8 Å². The minimum atomic E-state index is -0.947. The number of cyclic esters (lactones) is 1. The lowest BCUT2D eigenvalue weighted by atomic mass is 9.50. The summed E-state index contributed by atoms with van der Waals surface area (Å²) in [4.78, 5) is 23.6. The molecule has 0 spiro atoms. The number of aliphatic carboxylic acids is 1. The summed E-state index contributed by atoms with van der Waals surface area (Å²) in [5.74, 6) is -0.734. The van der Waals surface area contributed by atoms with Crippen LogP contribution in [0, 0.1) is 17.3 Å². The summed E-state index contributed by atoms with van der Waals surface area (Å²) in [5, 5.41) is 9.77. The molecule has 1 aliphatic heterocycles. The lowest BCUT2D eigenvalue weighted by Crippen LogP contribution is -2.56. The molecule has 4 nitrogen and oxygen atoms in total. The molecule has 0 saturated heterocycles. The van der Waals surface area contributed by atoms with E-state index in [1.165, 1.54) is 5.57 Å². The molecule has 1 N–H and O–H groups in total. The van der Waals surface area contributed by atoms with Crippen LogP contribution >= 0.6 is 12.6 Å². The van der Waals surface area contributed by atoms with Crippen LogP contribution in [0.5, 0.6) is 0 Å². The van der Waals surface area contributed by atoms with Crippen LogP contribution in [-0.2, 0) is 14.3 Å². The zero-order valence-corrected chi connectivity index (χ0v) is 15.1. The molecule has 0 amide bonds. The number of esters is 1. The zero-order valence-electron chi connectivity index (χ0n) is 14.2. The lowest BCUT2D eigenvalue weighted by molar-refractivity contribution is -0.147. The van der Waals surface area contributed by atoms with Crippen LogP contribution in [0.1, 0.15) is 51.9 Å². The molecule has 0 aromatic carbocycles. The van der Waals surface area contributed by atoms with Gasteiger partial charge in [-0.3, -0.25) is 4.79 Å². The Hall–Kier alpha value is -1.23. The van der Waals surface area contributed by atoms with E-state index >= 15 is 0 Å². The van der Waals surface area contributed by atoms with Gasteiger partial charge in [0.25, 0.3) is 0 Å². The van der Waals surface area contributed by atoms with Crippen molar-refractivity contribution < 1.29 is 19.4 Å². The molecule has 5 heteroatoms. The molecule has 0 radical (unpaired) electrons. The van der Waals surface area contributed by atoms with E-state index in [0.29, 0.717) is 19.4 Å². The number of thiol groups is 1. The van der Waals surface area contributed by atoms with Gasteiger partial charge in [-0.15, -0.1) is 0 Å². The van der Waals surface area contributed by atoms with Gasteiger partial charge >= 0.3 is 11.9 Å². The molecule has 2 aliphatic carbocycles. The maximum absolute atomic E-state index is 11.9. The number of rotatable bonds is 4. The Morgan fingerprint density at radius 2 is 2.25 bits per heavy atom. The molecule has 0 aromatic rings. The molecule has 2 fully saturated rings. The van der Waals surface area contributed by atoms with E-state index < -0.39 is 10.7 Å². The average Bonchev–Trinajstić information content (AvgIpc) is 2.91. The van der Waals surface area contributed by atoms with Gasteiger partial charge in [-0.1, -0.05) is 25.5 Å². The smallest absolute Gasteiger partial charge is 0.334 e. The Morgan fingerprint density at radius 1 is 1.50 bits per heavy atom. The lowest BCUT2D eigenvalue weighted by Gasteiger charge is -2.56. The predicted molar refractivity (Wildman–Crippen MR) is 94.9 cm³/mol. The summed E-state index contributed by atoms with van der Waals surface area (Å²) >= 11 is 4.65. The molecule has 4 atom stereocenters. The number of fused-ring (bicyclic) bond motifs is 1. The quantitative estimate of drug-likeness (QED) is 0.460. The number of hydrogen-bond acceptors (Lipinski definition) is 4. The average molecular weight is 350 g/mol. The first-order valence-electron chi connectivity index (χ1n) is 8.78. The van der Waals surface area contributed by atoms with E-state index in [4.69, 9.17) is 4.74 Å². The van der Waals surface area contributed by atoms with Crippen molar-refractivity contribution in [2.24, 2.45) is 17.3 Å². The number of allylic oxidation sites excluding steroid dienone is 1. The molecule has 2 saturated carbocycles. The van der Waals surface area contributed by atoms with Crippen LogP contribution in [0.3, 0.4) is 0 Å². The molecular formula is C19H26O4S. The molecule has 1 heterocycles. The third-order valence-electron chi connectivity index (χ3n) is 6.57. The molecule has 24 heavy (non-hydrogen) atoms. The van der Waals surface area contributed by atoms with E-state index in [2.05, 4.69) is 26.1 Å². The highest BCUT2D eigenvalue weighted by molar-refractivity contribution is 7.82. The fraction of sp³-hybridized carbons (Fsp3) is 0.684. The second kappa shape index (κ2) is 6.25. The SMILES string of the molecule is C=C1CCC2[C@](C)(CCC[C@]2(S)C(=O)O)[C@H]1CCC1=CCOC1=O. The van der Waals surface area contributed by atoms with Crippen molar-refractivity contribution >= 4 is 24.6 Å². The summed E-state index contributed by atoms with van der Waals surface area (Å²) in [7, 11) is 0. The number of ether oxygens (including phenoxy) is 1. The van der Waals surface area contributed by atoms with E-state index in [9.17, 15) is 14.7 Å². The fourth-order valence-electron chi connectivity index (χ4n) is 5.28. The van der Waals surface area contributed by atoms with Crippen LogP contribution < -0.4 is 0 Å². The van der Waals surface area contributed by atoms with Crippen molar-refractivity contribution in [2.45, 2.75) is 56.6 Å². The van der Waals surface area contributed by atoms with Crippen LogP contribution in [-0.4, -0.2) is 28.4 Å². The Balaban J connectivity index is 1.83. The van der Waals surface area contributed by atoms with Crippen molar-refractivity contribution in [1.82, 2.24) is 0 Å². The molecule has 3 aliphatic rings. The van der Waals surface area contributed by atoms with Gasteiger partial charge in [0.15, 0.2) is 0 Å². The molecule has 0 aromatic heterocycles. The molecule has 132 valence electrons. The maximum atomic E-state index is 11.9. The van der Waals surface area contributed by atoms with Gasteiger partial charge in [-0.05, 0) is 61.9 Å². The first kappa shape index (κ1) is 17.6. The monoisotopic (exact) mass is 350 g/mol. The minimum Gasteiger partial charge on any atom is -0.480 e. The largest absolute Gasteiger partial charge is 0.480 e. The van der Waals surface area contributed by atoms with Gasteiger partial charge < -0.3 is 9.84 Å². The van der Waals surface area contributed by atoms with Crippen molar-refractivity contribution in [3.63, 3.8) is 0 Å². The first-order chi connectivity index (χ1) is 11.3. The predicted octanol–water partition coefficient (Wildman–Crippen LogP) is 3.78. The van der Waals surface area contributed by atoms with E-state index in [1.807, 2.05) is 6.08 Å². The maximum Gasteiger partial charge on any atom is 0.334 e. The highest BCUT2D eigenvalue weighted by atomic mass is 32.1. The summed E-state index contributed by atoms with van der Waals surface area (Å²) in [6, 6.07) is 0. The third kappa shape index (κ3) is 2.71. The second-order valence-corrected chi connectivity index (χ2v) is 8.56. The van der Waals surface area contributed by atoms with Crippen LogP contribution in [0.25, 0.3) is 0 Å². The first-order valence-corrected chi connectivity index (χ1v) is 9.23. The highest BCUT2D eigenvalue weighted by Gasteiger charge is 2.58. The molecular weight excluding hydrogens is 324 g/mol. The van der Waals surface area contributed by atoms with E-state index in [0.717, 1.165) is 37.7 Å². The van der Waals surface area contributed by atoms with Crippen LogP contribution in [0.2, 0.25) is 0 Å². The van der Waals surface area contributed by atoms with Gasteiger partial charge in [0.05, 0.1) is 0 Å². The van der Waals surface area contributed by atoms with Gasteiger partial charge in [0, 0.05) is 5.57 Å². The summed E-state index contributed by atoms with van der Waals surface area (Å²) in [5.41, 5.74) is 1.83. The minimum absolute atomic E-state index is 0.0413. The van der Waals surface area contributed by atoms with Gasteiger partial charge in [0.1, 0.15) is 11.4 Å². The summed E-state index contributed by atoms with van der Waals surface area (Å²) in [6.45, 7) is 6.86. The van der Waals surface area contributed by atoms with Gasteiger partial charge in [-0.2, -0.15) is 12.6 Å². The number of carbonyl (C=O) groups is 2. The van der Waals surface area contributed by atoms with Crippen molar-refractivity contribution in [3.8, 4) is 0 Å². The highest BCUT2D eigenvalue weighted by Crippen LogP contribution is 2.61. The van der Waals surface area contributed by atoms with Gasteiger partial charge in [0.2, 0.25) is 0 Å². The normalized spacial score (nSPS) is 39.2. The number of carboxylic acid groups (broad SMARTS) is 1. The summed E-state index contributed by atoms with van der Waals surface area (Å²) in [6.07, 6.45) is 7.55. The second-order valence-electron chi connectivity index (χ2n) is 7.76. The van der Waals surface area contributed by atoms with Crippen molar-refractivity contribution in [1.29, 1.82) is 0 Å². The standard InChI is InChI=1S/C19H26O4S/c1-12-4-7-15-18(2,9-3-10-19(15,24)17(21)22)14(12)6-5-13-8-11-23-16(13)20/h8,14-15,24H,1,3-7,9-11H2,2H3,(H,21,22)/t14-,15?,18+,19+/m0/s1. The topological polar surface area (TPSA) is 63.6 Å². The van der Waals surface area contributed by atoms with Crippen molar-refractivity contribution in [3.05, 3.63) is 23.8 Å². The Labute approximate surface area is 148 Å². The van der Waals surface area contributed by atoms with E-state index in [1.54, 1.807) is 0 Å². The number of hydrogen-bond donors (Lipinski definition) is 2. The fourth-order valence-corrected chi connectivity index (χ4v) is 5.86. The molecule has 1 unspecified atom stereocenters. The zero-order chi connectivity index (χ0) is 17.5. The number of carbonyl (C=O) groups excluding carboxylic acids is 1. The summed E-state index contributed by atoms with van der Waals surface area (Å²) < 4.78 is 4.04. The molecule has 0 bridgehead atoms. The van der Waals surface area contributed by atoms with Gasteiger partial charge in [-0.25, -0.2) is 4.79 Å². The number of carboxylic acids is 1. The van der Waals surface area contributed by atoms with Crippen molar-refractivity contribution in [2.75, 3.05) is 6.61 Å². The Morgan fingerprint density at radius 3 is 2.88 bits per heavy atom. The Kier molecular flexibility index (Phi) is 4.58. The molecule has 3 rings (SSSR count).